The first kappa shape index (κ1) is 34.2. The van der Waals surface area contributed by atoms with Crippen LogP contribution in [0.3, 0.4) is 0 Å². The van der Waals surface area contributed by atoms with Gasteiger partial charge in [0.25, 0.3) is 0 Å². The van der Waals surface area contributed by atoms with Gasteiger partial charge < -0.3 is 0 Å². The Morgan fingerprint density at radius 2 is 0.617 bits per heavy atom. The Morgan fingerprint density at radius 1 is 0.233 bits per heavy atom. The Hall–Kier alpha value is -7.87. The Bertz CT molecular complexity index is 3670. The summed E-state index contributed by atoms with van der Waals surface area (Å²) in [5, 5.41) is 14.7. The molecule has 1 nitrogen and oxygen atoms in total. The van der Waals surface area contributed by atoms with Crippen LogP contribution in [0.2, 0.25) is 0 Å². The second kappa shape index (κ2) is 13.9. The molecule has 0 aliphatic carbocycles. The van der Waals surface area contributed by atoms with Gasteiger partial charge >= 0.3 is 0 Å². The molecule has 12 aromatic rings. The van der Waals surface area contributed by atoms with E-state index in [0.717, 1.165) is 33.6 Å². The van der Waals surface area contributed by atoms with Crippen molar-refractivity contribution in [3.8, 4) is 55.9 Å². The number of aromatic nitrogens is 1. The number of fused-ring (bicyclic) bond motifs is 6. The zero-order valence-electron chi connectivity index (χ0n) is 32.8. The van der Waals surface area contributed by atoms with Crippen molar-refractivity contribution in [2.75, 3.05) is 0 Å². The Labute approximate surface area is 348 Å². The molecular formula is C59H37N. The summed E-state index contributed by atoms with van der Waals surface area (Å²) in [6, 6.07) is 82.2. The van der Waals surface area contributed by atoms with Crippen molar-refractivity contribution in [3.05, 3.63) is 224 Å². The minimum absolute atomic E-state index is 0.954. The normalized spacial score (nSPS) is 11.7. The lowest BCUT2D eigenvalue weighted by Gasteiger charge is -2.20. The molecule has 1 heteroatoms. The van der Waals surface area contributed by atoms with Gasteiger partial charge in [-0.05, 0) is 129 Å². The van der Waals surface area contributed by atoms with Crippen LogP contribution in [0.15, 0.2) is 224 Å². The van der Waals surface area contributed by atoms with E-state index in [-0.39, 0.29) is 0 Å². The van der Waals surface area contributed by atoms with Crippen LogP contribution < -0.4 is 0 Å². The standard InChI is InChI=1S/C59H37N/c1-5-15-42-33-47(25-21-38(42)11-1)56-32-31-51(59(60-56)50-28-24-41-14-4-8-18-45(41)36-50)46-29-30-54-55(37-46)58(49-27-23-40-13-3-7-17-44(40)35-49)53-20-10-9-19-52(53)57(54)48-26-22-39-12-2-6-16-43(39)34-48/h1-37H. The van der Waals surface area contributed by atoms with E-state index in [1.165, 1.54) is 86.9 Å². The molecule has 60 heavy (non-hydrogen) atoms. The SMILES string of the molecule is c1ccc2cc(-c3ccc(-c4ccc5c(-c6ccc7ccccc7c6)c6ccccc6c(-c6ccc7ccccc7c6)c5c4)c(-c4ccc5ccccc5c4)n3)ccc2c1. The van der Waals surface area contributed by atoms with E-state index in [0.29, 0.717) is 0 Å². The summed E-state index contributed by atoms with van der Waals surface area (Å²) < 4.78 is 0. The lowest BCUT2D eigenvalue weighted by molar-refractivity contribution is 1.33. The molecule has 11 aromatic carbocycles. The average Bonchev–Trinajstić information content (AvgIpc) is 3.32. The van der Waals surface area contributed by atoms with Gasteiger partial charge in [0.15, 0.2) is 0 Å². The van der Waals surface area contributed by atoms with E-state index >= 15 is 0 Å². The van der Waals surface area contributed by atoms with Gasteiger partial charge in [0.2, 0.25) is 0 Å². The Balaban J connectivity index is 1.14. The van der Waals surface area contributed by atoms with Crippen molar-refractivity contribution in [2.24, 2.45) is 0 Å². The summed E-state index contributed by atoms with van der Waals surface area (Å²) in [6.07, 6.45) is 0. The summed E-state index contributed by atoms with van der Waals surface area (Å²) in [5.41, 5.74) is 11.3. The minimum atomic E-state index is 0.954. The molecule has 0 radical (unpaired) electrons. The van der Waals surface area contributed by atoms with Crippen LogP contribution in [0.25, 0.3) is 121 Å². The quantitative estimate of drug-likeness (QED) is 0.159. The molecule has 0 unspecified atom stereocenters. The molecule has 0 N–H and O–H groups in total. The third-order valence-electron chi connectivity index (χ3n) is 12.4. The van der Waals surface area contributed by atoms with E-state index in [1.54, 1.807) is 0 Å². The highest BCUT2D eigenvalue weighted by Crippen LogP contribution is 2.46. The molecule has 278 valence electrons. The summed E-state index contributed by atoms with van der Waals surface area (Å²) in [4.78, 5) is 5.54. The maximum Gasteiger partial charge on any atom is 0.0788 e. The van der Waals surface area contributed by atoms with Gasteiger partial charge in [-0.1, -0.05) is 188 Å². The summed E-state index contributed by atoms with van der Waals surface area (Å²) in [5.74, 6) is 0. The molecule has 0 amide bonds. The molecule has 0 saturated heterocycles. The third kappa shape index (κ3) is 5.74. The molecule has 0 saturated carbocycles. The van der Waals surface area contributed by atoms with Crippen molar-refractivity contribution in [1.82, 2.24) is 4.98 Å². The van der Waals surface area contributed by atoms with E-state index in [9.17, 15) is 0 Å². The minimum Gasteiger partial charge on any atom is -0.247 e. The number of pyridine rings is 1. The highest BCUT2D eigenvalue weighted by Gasteiger charge is 2.20. The van der Waals surface area contributed by atoms with Gasteiger partial charge in [-0.25, -0.2) is 4.98 Å². The number of hydrogen-bond donors (Lipinski definition) is 0. The lowest BCUT2D eigenvalue weighted by atomic mass is 9.84. The van der Waals surface area contributed by atoms with Crippen molar-refractivity contribution in [3.63, 3.8) is 0 Å². The number of benzene rings is 11. The van der Waals surface area contributed by atoms with Crippen LogP contribution in [0.1, 0.15) is 0 Å². The van der Waals surface area contributed by atoms with E-state index < -0.39 is 0 Å². The number of nitrogens with zero attached hydrogens (tertiary/aromatic N) is 1. The fourth-order valence-corrected chi connectivity index (χ4v) is 9.42. The summed E-state index contributed by atoms with van der Waals surface area (Å²) in [7, 11) is 0. The van der Waals surface area contributed by atoms with Gasteiger partial charge in [-0.2, -0.15) is 0 Å². The Kier molecular flexibility index (Phi) is 7.92. The predicted octanol–water partition coefficient (Wildman–Crippen LogP) is 16.3. The van der Waals surface area contributed by atoms with Gasteiger partial charge in [-0.3, -0.25) is 0 Å². The highest BCUT2D eigenvalue weighted by atomic mass is 14.7. The van der Waals surface area contributed by atoms with E-state index in [1.807, 2.05) is 0 Å². The average molecular weight is 760 g/mol. The van der Waals surface area contributed by atoms with Gasteiger partial charge in [0.1, 0.15) is 0 Å². The fraction of sp³-hybridized carbons (Fsp3) is 0. The highest BCUT2D eigenvalue weighted by molar-refractivity contribution is 6.22. The second-order valence-electron chi connectivity index (χ2n) is 15.9. The molecular weight excluding hydrogens is 723 g/mol. The fourth-order valence-electron chi connectivity index (χ4n) is 9.42. The van der Waals surface area contributed by atoms with Crippen LogP contribution in [0.5, 0.6) is 0 Å². The lowest BCUT2D eigenvalue weighted by Crippen LogP contribution is -1.95. The van der Waals surface area contributed by atoms with Crippen LogP contribution in [0.4, 0.5) is 0 Å². The zero-order chi connectivity index (χ0) is 39.6. The zero-order valence-corrected chi connectivity index (χ0v) is 32.8. The Morgan fingerprint density at radius 3 is 1.15 bits per heavy atom. The summed E-state index contributed by atoms with van der Waals surface area (Å²) >= 11 is 0. The number of rotatable bonds is 5. The van der Waals surface area contributed by atoms with Gasteiger partial charge in [-0.15, -0.1) is 0 Å². The smallest absolute Gasteiger partial charge is 0.0788 e. The van der Waals surface area contributed by atoms with Crippen LogP contribution in [0, 0.1) is 0 Å². The predicted molar refractivity (Wildman–Crippen MR) is 256 cm³/mol. The molecule has 12 rings (SSSR count). The molecule has 0 atom stereocenters. The first-order valence-electron chi connectivity index (χ1n) is 20.7. The molecule has 0 fully saturated rings. The monoisotopic (exact) mass is 759 g/mol. The first-order chi connectivity index (χ1) is 29.7. The molecule has 1 heterocycles. The molecule has 0 aliphatic heterocycles. The van der Waals surface area contributed by atoms with Crippen molar-refractivity contribution < 1.29 is 0 Å². The summed E-state index contributed by atoms with van der Waals surface area (Å²) in [6.45, 7) is 0. The molecule has 0 bridgehead atoms. The topological polar surface area (TPSA) is 12.9 Å². The van der Waals surface area contributed by atoms with E-state index in [2.05, 4.69) is 224 Å². The van der Waals surface area contributed by atoms with Gasteiger partial charge in [0, 0.05) is 16.7 Å². The van der Waals surface area contributed by atoms with Crippen molar-refractivity contribution in [1.29, 1.82) is 0 Å². The maximum absolute atomic E-state index is 5.54. The molecule has 0 spiro atoms. The molecule has 0 aliphatic rings. The largest absolute Gasteiger partial charge is 0.247 e. The maximum atomic E-state index is 5.54. The number of hydrogen-bond acceptors (Lipinski definition) is 1. The van der Waals surface area contributed by atoms with Crippen LogP contribution in [-0.4, -0.2) is 4.98 Å². The van der Waals surface area contributed by atoms with Gasteiger partial charge in [0.05, 0.1) is 11.4 Å². The van der Waals surface area contributed by atoms with Crippen LogP contribution >= 0.6 is 0 Å². The van der Waals surface area contributed by atoms with E-state index in [4.69, 9.17) is 4.98 Å². The second-order valence-corrected chi connectivity index (χ2v) is 15.9. The van der Waals surface area contributed by atoms with Crippen molar-refractivity contribution >= 4 is 64.6 Å². The molecule has 1 aromatic heterocycles. The van der Waals surface area contributed by atoms with Crippen molar-refractivity contribution in [2.45, 2.75) is 0 Å². The first-order valence-corrected chi connectivity index (χ1v) is 20.7. The van der Waals surface area contributed by atoms with Crippen LogP contribution in [-0.2, 0) is 0 Å². The third-order valence-corrected chi connectivity index (χ3v) is 12.4.